The molecule has 2 amide bonds. The van der Waals surface area contributed by atoms with Crippen molar-refractivity contribution in [3.63, 3.8) is 0 Å². The Hall–Kier alpha value is -4.15. The maximum atomic E-state index is 13.3. The van der Waals surface area contributed by atoms with Crippen LogP contribution in [0.3, 0.4) is 0 Å². The Morgan fingerprint density at radius 3 is 1.19 bits per heavy atom. The van der Waals surface area contributed by atoms with E-state index in [4.69, 9.17) is 92.9 Å². The van der Waals surface area contributed by atoms with Crippen LogP contribution in [0, 0.1) is 91.2 Å². The lowest BCUT2D eigenvalue weighted by Crippen LogP contribution is -2.71. The molecule has 12 aliphatic carbocycles. The van der Waals surface area contributed by atoms with Crippen LogP contribution in [-0.2, 0) is 66.8 Å². The van der Waals surface area contributed by atoms with Crippen LogP contribution in [0.2, 0.25) is 0 Å². The quantitative estimate of drug-likeness (QED) is 0.0567. The van der Waals surface area contributed by atoms with Crippen molar-refractivity contribution in [2.45, 2.75) is 229 Å². The highest BCUT2D eigenvalue weighted by atomic mass is 35.5. The second-order valence-corrected chi connectivity index (χ2v) is 37.7. The van der Waals surface area contributed by atoms with Crippen molar-refractivity contribution in [2.24, 2.45) is 112 Å². The fraction of sp³-hybridized carbons (Fsp3) is 0.780. The summed E-state index contributed by atoms with van der Waals surface area (Å²) < 4.78 is 49.0. The third-order valence-corrected chi connectivity index (χ3v) is 34.4. The van der Waals surface area contributed by atoms with E-state index >= 15 is 0 Å². The number of aliphatic hydroxyl groups excluding tert-OH is 3. The van der Waals surface area contributed by atoms with Gasteiger partial charge in [-0.1, -0.05) is 127 Å². The summed E-state index contributed by atoms with van der Waals surface area (Å²) in [5, 5.41) is 53.8. The number of aliphatic hydroxyl groups is 3. The number of Topliss-reactive ketones (excluding diaryl/α,β-unsaturated/α-hetero) is 1. The average molecular weight is 1570 g/mol. The van der Waals surface area contributed by atoms with Crippen LogP contribution in [0.5, 0.6) is 0 Å². The number of fused-ring (bicyclic) bond motifs is 19. The van der Waals surface area contributed by atoms with Crippen molar-refractivity contribution in [3.8, 4) is 0 Å². The molecule has 4 spiro atoms. The number of oxime groups is 3. The summed E-state index contributed by atoms with van der Waals surface area (Å²) in [6.45, 7) is 30.4. The average Bonchev–Trinajstić information content (AvgIpc) is 1.46. The molecule has 7 N–H and O–H groups in total. The number of amides is 2. The number of hydrogen-bond donors (Lipinski definition) is 6. The van der Waals surface area contributed by atoms with Gasteiger partial charge >= 0.3 is 0 Å². The molecule has 2 unspecified atom stereocenters. The zero-order valence-corrected chi connectivity index (χ0v) is 67.7. The Bertz CT molecular complexity index is 3810. The maximum absolute atomic E-state index is 13.3. The summed E-state index contributed by atoms with van der Waals surface area (Å²) in [6.07, 6.45) is 26.2. The Morgan fingerprint density at radius 1 is 0.509 bits per heavy atom. The molecule has 9 saturated carbocycles. The van der Waals surface area contributed by atoms with Gasteiger partial charge in [0.1, 0.15) is 67.2 Å². The Morgan fingerprint density at radius 2 is 0.852 bits per heavy atom. The Balaban J connectivity index is 0.000000136. The van der Waals surface area contributed by atoms with Crippen LogP contribution in [0.25, 0.3) is 0 Å². The zero-order valence-electron chi connectivity index (χ0n) is 65.4. The lowest BCUT2D eigenvalue weighted by molar-refractivity contribution is -0.264. The summed E-state index contributed by atoms with van der Waals surface area (Å²) in [7, 11) is 0. The highest BCUT2D eigenvalue weighted by molar-refractivity contribution is 6.27. The number of hydrogen-bond acceptors (Lipinski definition) is 21. The molecular weight excluding hydrogens is 1450 g/mol. The number of rotatable bonds is 13. The second-order valence-electron chi connectivity index (χ2n) is 35.8. The molecule has 0 aromatic heterocycles. The smallest absolute Gasteiger partial charge is 0.227 e. The van der Waals surface area contributed by atoms with Crippen molar-refractivity contribution in [3.05, 3.63) is 71.4 Å². The number of nitrogens with one attached hydrogen (secondary N) is 2. The second kappa shape index (κ2) is 28.7. The summed E-state index contributed by atoms with van der Waals surface area (Å²) >= 11 is 23.0. The highest BCUT2D eigenvalue weighted by Gasteiger charge is 2.84. The van der Waals surface area contributed by atoms with Gasteiger partial charge in [0.15, 0.2) is 27.2 Å². The van der Waals surface area contributed by atoms with Gasteiger partial charge in [0, 0.05) is 59.3 Å². The molecule has 26 heteroatoms. The fourth-order valence-electron chi connectivity index (χ4n) is 26.4. The molecule has 4 saturated heterocycles. The summed E-state index contributed by atoms with van der Waals surface area (Å²) in [5.74, 6) is -0.168. The van der Waals surface area contributed by atoms with E-state index < -0.39 is 82.8 Å². The number of nitrogens with zero attached hydrogens (tertiary/aromatic N) is 3. The summed E-state index contributed by atoms with van der Waals surface area (Å²) in [5.41, 5.74) is 6.75. The molecule has 0 aromatic carbocycles. The van der Waals surface area contributed by atoms with E-state index in [1.165, 1.54) is 19.4 Å². The highest BCUT2D eigenvalue weighted by Crippen LogP contribution is 2.79. The minimum atomic E-state index is -0.957. The molecule has 108 heavy (non-hydrogen) atoms. The van der Waals surface area contributed by atoms with Crippen LogP contribution < -0.4 is 16.4 Å². The molecule has 0 bridgehead atoms. The van der Waals surface area contributed by atoms with E-state index in [2.05, 4.69) is 120 Å². The van der Waals surface area contributed by atoms with E-state index in [1.807, 2.05) is 37.3 Å². The van der Waals surface area contributed by atoms with Crippen molar-refractivity contribution < 1.29 is 82.1 Å². The van der Waals surface area contributed by atoms with Crippen molar-refractivity contribution in [1.82, 2.24) is 10.6 Å². The van der Waals surface area contributed by atoms with Gasteiger partial charge in [-0.25, -0.2) is 0 Å². The number of nitrogens with two attached hydrogens (primary N) is 1. The lowest BCUT2D eigenvalue weighted by Gasteiger charge is -2.64. The third kappa shape index (κ3) is 11.1. The summed E-state index contributed by atoms with van der Waals surface area (Å²) in [6, 6.07) is 0. The van der Waals surface area contributed by atoms with Crippen LogP contribution in [0.1, 0.15) is 173 Å². The number of alkyl halides is 3. The zero-order chi connectivity index (χ0) is 77.5. The number of halogens is 3. The van der Waals surface area contributed by atoms with E-state index in [1.54, 1.807) is 0 Å². The topological polar surface area (TPSA) is 301 Å². The Labute approximate surface area is 651 Å². The maximum Gasteiger partial charge on any atom is 0.227 e. The van der Waals surface area contributed by atoms with Crippen molar-refractivity contribution in [1.29, 1.82) is 0 Å². The third-order valence-electron chi connectivity index (χ3n) is 31.6. The predicted octanol–water partition coefficient (Wildman–Crippen LogP) is 11.1. The minimum absolute atomic E-state index is 0.0718. The normalized spacial score (nSPS) is 49.7. The van der Waals surface area contributed by atoms with Gasteiger partial charge in [0.2, 0.25) is 23.4 Å². The molecule has 0 aromatic rings. The molecule has 4 aliphatic heterocycles. The fourth-order valence-corrected chi connectivity index (χ4v) is 27.9. The van der Waals surface area contributed by atoms with Gasteiger partial charge in [-0.2, -0.15) is 0 Å². The standard InChI is InChI=1S/C28H39ClN2O7.C28H41ClN2O4.C26H37ClN2O6/c1-17-11-22-21-6-5-19-12-20(31-38-10-9-30-18(2)32)7-8-24(19,3)27(21,29)23(33)13-25(22,4)28(17)26(36-16-37-28)14-34-15-35-26;1-7-23(33)27(6)17(2)14-22-21-9-8-19-15-20(31-35-13-12-30-18(3)32)10-11-25(19,4)28(21,29)24(34)16-26(22,27)5;1-16-10-20-19-5-4-17-11-18(29-35-9-8-28)6-7-22(17,2)25(19,27)21(30)12-23(20,3)26(16)24(33-15-34-26)13-31-14-32-24/h7-8,12,17,21-23,33H,5-6,9-11,13-16H2,1-4H3,(H,30,32);10-11,15,17,21-22,24,34H,7-9,12-14,16H2,1-6H3,(H,30,32);6-7,11,16,19-21,30H,4-5,8-10,12-15,28H2,1-3H3/b2*31-20+;29-18+/t17-,21-,22-,23-,24-,25-,26?,27-,28+;17-,21-,22-,24-,25-,26-,27+,28-;16-,19-,20-,21-,22-,23-,24?,25-,26+/m000/s1. The van der Waals surface area contributed by atoms with Gasteiger partial charge in [0.05, 0.1) is 46.0 Å². The first-order valence-corrected chi connectivity index (χ1v) is 40.8. The van der Waals surface area contributed by atoms with E-state index in [-0.39, 0.29) is 103 Å². The van der Waals surface area contributed by atoms with Gasteiger partial charge in [-0.3, -0.25) is 14.4 Å². The van der Waals surface area contributed by atoms with Crippen LogP contribution in [-0.4, -0.2) is 186 Å². The van der Waals surface area contributed by atoms with Crippen LogP contribution >= 0.6 is 34.8 Å². The van der Waals surface area contributed by atoms with E-state index in [0.717, 1.165) is 74.6 Å². The predicted molar refractivity (Wildman–Crippen MR) is 407 cm³/mol. The first-order valence-electron chi connectivity index (χ1n) is 39.7. The molecule has 0 radical (unpaired) electrons. The van der Waals surface area contributed by atoms with Gasteiger partial charge in [0.25, 0.3) is 0 Å². The number of ether oxygens (including phenoxy) is 8. The molecule has 26 atom stereocenters. The molecule has 23 nitrogen and oxygen atoms in total. The van der Waals surface area contributed by atoms with Crippen LogP contribution in [0.15, 0.2) is 86.9 Å². The number of ketones is 1. The molecule has 16 aliphatic rings. The number of carbonyl (C=O) groups is 3. The number of carbonyl (C=O) groups excluding carboxylic acids is 3. The molecule has 13 fully saturated rings. The SMILES string of the molecule is CC(=O)NCCO/N=C1\C=C[C@@]2(C)C(=C1)CC[C@H]1[C@@H]3C[C@H](C)[C@@]4(OCOC45COCO5)[C@@]3(C)C[C@H](O)[C@@]12Cl.CCC(=O)[C@@]1(C)[C@@H](C)C[C@H]2[C@@H]3CCC4=C/C(=N/OCCNC(C)=O)C=C[C@]4(C)[C@@]3(Cl)[C@@H](O)C[C@@]21C.C[C@H]1C[C@H]2[C@@H]3CCC4=C/C(=N/OCCN)C=C[C@]4(C)[C@@]3(Cl)[C@@H](O)C[C@]2(C)[C@]12OCOC21COCO1. The lowest BCUT2D eigenvalue weighted by atomic mass is 9.44. The van der Waals surface area contributed by atoms with Crippen molar-refractivity contribution >= 4 is 69.5 Å². The van der Waals surface area contributed by atoms with E-state index in [9.17, 15) is 29.7 Å². The minimum Gasteiger partial charge on any atom is -0.394 e. The first-order chi connectivity index (χ1) is 51.1. The van der Waals surface area contributed by atoms with Gasteiger partial charge < -0.3 is 84.1 Å². The van der Waals surface area contributed by atoms with Crippen molar-refractivity contribution in [2.75, 3.05) is 79.8 Å². The van der Waals surface area contributed by atoms with E-state index in [0.29, 0.717) is 95.6 Å². The Kier molecular flexibility index (Phi) is 21.4. The molecule has 4 heterocycles. The number of allylic oxidation sites excluding steroid dienone is 12. The molecule has 16 rings (SSSR count). The molecular formula is C82H117Cl3N6O17. The summed E-state index contributed by atoms with van der Waals surface area (Å²) in [4.78, 5) is 48.8. The van der Waals surface area contributed by atoms with Gasteiger partial charge in [-0.15, -0.1) is 34.8 Å². The largest absolute Gasteiger partial charge is 0.394 e. The first kappa shape index (κ1) is 80.5. The van der Waals surface area contributed by atoms with Crippen LogP contribution in [0.4, 0.5) is 0 Å². The van der Waals surface area contributed by atoms with Gasteiger partial charge in [-0.05, 0) is 172 Å². The monoisotopic (exact) mass is 1560 g/mol. The molecule has 598 valence electrons.